The molecule has 0 atom stereocenters. The number of aromatic nitrogens is 2. The quantitative estimate of drug-likeness (QED) is 0.292. The molecule has 0 spiro atoms. The van der Waals surface area contributed by atoms with Crippen LogP contribution in [-0.2, 0) is 6.54 Å². The van der Waals surface area contributed by atoms with E-state index in [9.17, 15) is 0 Å². The van der Waals surface area contributed by atoms with Crippen molar-refractivity contribution in [1.82, 2.24) is 10.2 Å². The predicted molar refractivity (Wildman–Crippen MR) is 126 cm³/mol. The molecule has 148 valence electrons. The summed E-state index contributed by atoms with van der Waals surface area (Å²) in [5.74, 6) is 0. The van der Waals surface area contributed by atoms with Gasteiger partial charge in [-0.2, -0.15) is 0 Å². The van der Waals surface area contributed by atoms with Gasteiger partial charge in [0.2, 0.25) is 5.13 Å². The van der Waals surface area contributed by atoms with Crippen LogP contribution < -0.4 is 4.90 Å². The summed E-state index contributed by atoms with van der Waals surface area (Å²) in [4.78, 5) is 9.06. The zero-order valence-electron chi connectivity index (χ0n) is 15.5. The molecule has 4 nitrogen and oxygen atoms in total. The van der Waals surface area contributed by atoms with Crippen LogP contribution in [0.3, 0.4) is 0 Å². The maximum atomic E-state index is 6.30. The summed E-state index contributed by atoms with van der Waals surface area (Å²) in [7, 11) is 0. The van der Waals surface area contributed by atoms with Crippen molar-refractivity contribution in [3.8, 4) is 0 Å². The van der Waals surface area contributed by atoms with Crippen LogP contribution in [0, 0.1) is 0 Å². The maximum Gasteiger partial charge on any atom is 0.231 e. The van der Waals surface area contributed by atoms with Gasteiger partial charge < -0.3 is 4.90 Å². The number of fused-ring (bicyclic) bond motifs is 2. The first-order valence-corrected chi connectivity index (χ1v) is 11.5. The molecule has 0 amide bonds. The monoisotopic (exact) mass is 468 g/mol. The highest BCUT2D eigenvalue weighted by molar-refractivity contribution is 7.99. The number of rotatable bonds is 4. The van der Waals surface area contributed by atoms with Crippen LogP contribution in [0.25, 0.3) is 0 Å². The lowest BCUT2D eigenvalue weighted by atomic mass is 10.2. The molecule has 4 aromatic rings. The minimum atomic E-state index is 0.593. The molecule has 0 unspecified atom stereocenters. The third-order valence-electron chi connectivity index (χ3n) is 4.51. The molecule has 1 aliphatic heterocycles. The fraction of sp³-hybridized carbons (Fsp3) is 0.0455. The van der Waals surface area contributed by atoms with Crippen molar-refractivity contribution in [2.45, 2.75) is 16.3 Å². The van der Waals surface area contributed by atoms with Crippen molar-refractivity contribution < 1.29 is 0 Å². The van der Waals surface area contributed by atoms with Crippen LogP contribution in [0.2, 0.25) is 10.0 Å². The summed E-state index contributed by atoms with van der Waals surface area (Å²) in [6.45, 7) is 0.593. The Morgan fingerprint density at radius 3 is 2.60 bits per heavy atom. The molecule has 2 heterocycles. The lowest BCUT2D eigenvalue weighted by molar-refractivity contribution is 0.893. The standard InChI is InChI=1S/C22H14Cl2N4S2/c23-15-5-3-4-14(10-15)12-25-22-27-26-21(30-22)13-28-17-6-1-2-7-19(17)29-20-9-8-16(24)11-18(20)28/h1-12H,13H2/b25-12+. The van der Waals surface area contributed by atoms with Crippen molar-refractivity contribution in [2.75, 3.05) is 4.90 Å². The summed E-state index contributed by atoms with van der Waals surface area (Å²) in [6.07, 6.45) is 1.75. The Kier molecular flexibility index (Phi) is 5.48. The molecular weight excluding hydrogens is 455 g/mol. The maximum absolute atomic E-state index is 6.30. The van der Waals surface area contributed by atoms with Crippen molar-refractivity contribution in [3.63, 3.8) is 0 Å². The smallest absolute Gasteiger partial charge is 0.231 e. The number of anilines is 2. The molecule has 5 rings (SSSR count). The minimum absolute atomic E-state index is 0.593. The van der Waals surface area contributed by atoms with E-state index in [2.05, 4.69) is 44.4 Å². The van der Waals surface area contributed by atoms with E-state index in [-0.39, 0.29) is 0 Å². The van der Waals surface area contributed by atoms with Crippen molar-refractivity contribution in [2.24, 2.45) is 4.99 Å². The highest BCUT2D eigenvalue weighted by atomic mass is 35.5. The van der Waals surface area contributed by atoms with E-state index in [1.165, 1.54) is 21.1 Å². The average Bonchev–Trinajstić information content (AvgIpc) is 3.20. The number of hydrogen-bond donors (Lipinski definition) is 0. The van der Waals surface area contributed by atoms with Crippen molar-refractivity contribution in [3.05, 3.63) is 87.3 Å². The number of aliphatic imine (C=N–C) groups is 1. The zero-order valence-corrected chi connectivity index (χ0v) is 18.6. The molecule has 0 fully saturated rings. The Morgan fingerprint density at radius 2 is 1.70 bits per heavy atom. The predicted octanol–water partition coefficient (Wildman–Crippen LogP) is 7.40. The van der Waals surface area contributed by atoms with E-state index in [0.29, 0.717) is 21.7 Å². The van der Waals surface area contributed by atoms with E-state index in [1.54, 1.807) is 18.0 Å². The summed E-state index contributed by atoms with van der Waals surface area (Å²) in [5, 5.41) is 11.5. The average molecular weight is 469 g/mol. The Balaban J connectivity index is 1.43. The normalized spacial score (nSPS) is 12.8. The van der Waals surface area contributed by atoms with Gasteiger partial charge in [-0.05, 0) is 48.0 Å². The van der Waals surface area contributed by atoms with Gasteiger partial charge >= 0.3 is 0 Å². The first-order valence-electron chi connectivity index (χ1n) is 9.12. The number of nitrogens with zero attached hydrogens (tertiary/aromatic N) is 4. The van der Waals surface area contributed by atoms with E-state index in [1.807, 2.05) is 42.5 Å². The SMILES string of the molecule is Clc1cccc(/C=N/c2nnc(CN3c4ccccc4Sc4ccc(Cl)cc43)s2)c1. The summed E-state index contributed by atoms with van der Waals surface area (Å²) in [5.41, 5.74) is 3.13. The molecule has 0 saturated heterocycles. The first-order chi connectivity index (χ1) is 14.7. The van der Waals surface area contributed by atoms with E-state index in [0.717, 1.165) is 21.9 Å². The molecule has 1 aliphatic rings. The second kappa shape index (κ2) is 8.40. The van der Waals surface area contributed by atoms with Gasteiger partial charge in [-0.15, -0.1) is 10.2 Å². The molecule has 0 N–H and O–H groups in total. The fourth-order valence-corrected chi connectivity index (χ4v) is 5.30. The minimum Gasteiger partial charge on any atom is -0.333 e. The first kappa shape index (κ1) is 19.6. The third kappa shape index (κ3) is 4.09. The van der Waals surface area contributed by atoms with Crippen LogP contribution in [0.15, 0.2) is 81.5 Å². The van der Waals surface area contributed by atoms with E-state index >= 15 is 0 Å². The second-order valence-electron chi connectivity index (χ2n) is 6.56. The number of halogens is 2. The fourth-order valence-electron chi connectivity index (χ4n) is 3.19. The van der Waals surface area contributed by atoms with Gasteiger partial charge in [0, 0.05) is 26.1 Å². The molecule has 30 heavy (non-hydrogen) atoms. The van der Waals surface area contributed by atoms with Gasteiger partial charge in [0.05, 0.1) is 17.9 Å². The zero-order chi connectivity index (χ0) is 20.5. The van der Waals surface area contributed by atoms with Crippen LogP contribution in [-0.4, -0.2) is 16.4 Å². The van der Waals surface area contributed by atoms with Gasteiger partial charge in [-0.1, -0.05) is 70.6 Å². The molecule has 1 aromatic heterocycles. The molecule has 3 aromatic carbocycles. The molecule has 0 saturated carbocycles. The topological polar surface area (TPSA) is 41.4 Å². The number of benzene rings is 3. The second-order valence-corrected chi connectivity index (χ2v) is 9.56. The number of para-hydroxylation sites is 1. The van der Waals surface area contributed by atoms with E-state index in [4.69, 9.17) is 23.2 Å². The van der Waals surface area contributed by atoms with Crippen molar-refractivity contribution in [1.29, 1.82) is 0 Å². The van der Waals surface area contributed by atoms with Gasteiger partial charge in [-0.25, -0.2) is 4.99 Å². The largest absolute Gasteiger partial charge is 0.333 e. The number of hydrogen-bond acceptors (Lipinski definition) is 6. The Hall–Kier alpha value is -2.38. The van der Waals surface area contributed by atoms with E-state index < -0.39 is 0 Å². The van der Waals surface area contributed by atoms with Crippen LogP contribution in [0.1, 0.15) is 10.6 Å². The molecule has 0 aliphatic carbocycles. The van der Waals surface area contributed by atoms with Crippen LogP contribution >= 0.6 is 46.3 Å². The highest BCUT2D eigenvalue weighted by Crippen LogP contribution is 2.49. The Labute approximate surface area is 192 Å². The third-order valence-corrected chi connectivity index (χ3v) is 6.93. The molecule has 8 heteroatoms. The van der Waals surface area contributed by atoms with Gasteiger partial charge in [-0.3, -0.25) is 0 Å². The summed E-state index contributed by atoms with van der Waals surface area (Å²) < 4.78 is 0. The summed E-state index contributed by atoms with van der Waals surface area (Å²) in [6, 6.07) is 21.9. The lowest BCUT2D eigenvalue weighted by Gasteiger charge is -2.32. The van der Waals surface area contributed by atoms with Gasteiger partial charge in [0.25, 0.3) is 0 Å². The summed E-state index contributed by atoms with van der Waals surface area (Å²) >= 11 is 15.5. The van der Waals surface area contributed by atoms with Gasteiger partial charge in [0.1, 0.15) is 5.01 Å². The Morgan fingerprint density at radius 1 is 0.867 bits per heavy atom. The Bertz CT molecular complexity index is 1260. The highest BCUT2D eigenvalue weighted by Gasteiger charge is 2.24. The molecule has 0 radical (unpaired) electrons. The lowest BCUT2D eigenvalue weighted by Crippen LogP contribution is -2.20. The van der Waals surface area contributed by atoms with Crippen molar-refractivity contribution >= 4 is 69.0 Å². The van der Waals surface area contributed by atoms with Crippen LogP contribution in [0.4, 0.5) is 16.5 Å². The molecular formula is C22H14Cl2N4S2. The molecule has 0 bridgehead atoms. The van der Waals surface area contributed by atoms with Gasteiger partial charge in [0.15, 0.2) is 0 Å². The van der Waals surface area contributed by atoms with Crippen LogP contribution in [0.5, 0.6) is 0 Å².